The van der Waals surface area contributed by atoms with Crippen molar-refractivity contribution in [3.05, 3.63) is 46.4 Å². The van der Waals surface area contributed by atoms with Crippen LogP contribution in [0, 0.1) is 0 Å². The summed E-state index contributed by atoms with van der Waals surface area (Å²) in [5.74, 6) is -0.493. The van der Waals surface area contributed by atoms with Crippen molar-refractivity contribution in [2.45, 2.75) is 31.7 Å². The molecule has 130 valence electrons. The molecule has 1 aromatic carbocycles. The third-order valence-electron chi connectivity index (χ3n) is 3.20. The van der Waals surface area contributed by atoms with Crippen LogP contribution in [0.4, 0.5) is 0 Å². The first-order chi connectivity index (χ1) is 11.5. The molecule has 0 atom stereocenters. The lowest BCUT2D eigenvalue weighted by molar-refractivity contribution is 0.0520. The van der Waals surface area contributed by atoms with Gasteiger partial charge in [0, 0.05) is 11.9 Å². The van der Waals surface area contributed by atoms with Gasteiger partial charge in [0.15, 0.2) is 5.69 Å². The fourth-order valence-electron chi connectivity index (χ4n) is 2.11. The molecule has 0 bridgehead atoms. The van der Waals surface area contributed by atoms with Gasteiger partial charge >= 0.3 is 5.97 Å². The van der Waals surface area contributed by atoms with E-state index in [4.69, 9.17) is 4.74 Å². The van der Waals surface area contributed by atoms with Crippen molar-refractivity contribution in [1.29, 1.82) is 0 Å². The molecule has 0 unspecified atom stereocenters. The molecule has 0 aliphatic rings. The average Bonchev–Trinajstić information content (AvgIpc) is 3.04. The molecule has 0 radical (unpaired) electrons. The predicted molar refractivity (Wildman–Crippen MR) is 92.4 cm³/mol. The highest BCUT2D eigenvalue weighted by Gasteiger charge is 2.25. The molecule has 2 rings (SSSR count). The van der Waals surface area contributed by atoms with E-state index in [0.717, 1.165) is 0 Å². The van der Waals surface area contributed by atoms with E-state index >= 15 is 0 Å². The third kappa shape index (κ3) is 4.40. The van der Waals surface area contributed by atoms with Gasteiger partial charge in [-0.3, -0.25) is 0 Å². The molecular weight excluding hydrogens is 348 g/mol. The molecule has 0 saturated carbocycles. The Kier molecular flexibility index (Phi) is 6.47. The molecular formula is C16H20N2O4S2. The fourth-order valence-corrected chi connectivity index (χ4v) is 4.48. The number of benzene rings is 1. The van der Waals surface area contributed by atoms with Gasteiger partial charge in [-0.25, -0.2) is 18.2 Å². The van der Waals surface area contributed by atoms with Gasteiger partial charge in [-0.1, -0.05) is 25.1 Å². The highest BCUT2D eigenvalue weighted by Crippen LogP contribution is 2.20. The molecule has 2 aromatic rings. The van der Waals surface area contributed by atoms with Gasteiger partial charge in [0.2, 0.25) is 10.0 Å². The number of ether oxygens (including phenoxy) is 1. The molecule has 0 aliphatic carbocycles. The van der Waals surface area contributed by atoms with Crippen LogP contribution in [0.2, 0.25) is 0 Å². The molecule has 0 spiro atoms. The summed E-state index contributed by atoms with van der Waals surface area (Å²) < 4.78 is 31.9. The molecule has 0 amide bonds. The molecule has 8 heteroatoms. The number of hydrogen-bond acceptors (Lipinski definition) is 6. The zero-order valence-corrected chi connectivity index (χ0v) is 15.3. The molecule has 1 aromatic heterocycles. The molecule has 24 heavy (non-hydrogen) atoms. The number of carbonyl (C=O) groups excluding carboxylic acids is 1. The second kappa shape index (κ2) is 8.36. The number of sulfonamides is 1. The highest BCUT2D eigenvalue weighted by atomic mass is 32.2. The van der Waals surface area contributed by atoms with Crippen LogP contribution in [0.3, 0.4) is 0 Å². The van der Waals surface area contributed by atoms with E-state index in [0.29, 0.717) is 18.0 Å². The van der Waals surface area contributed by atoms with E-state index in [9.17, 15) is 13.2 Å². The lowest BCUT2D eigenvalue weighted by atomic mass is 10.4. The minimum atomic E-state index is -3.60. The Balaban J connectivity index is 2.22. The van der Waals surface area contributed by atoms with Gasteiger partial charge < -0.3 is 4.74 Å². The number of thiazole rings is 1. The third-order valence-corrected chi connectivity index (χ3v) is 5.89. The number of nitrogens with zero attached hydrogens (tertiary/aromatic N) is 2. The van der Waals surface area contributed by atoms with E-state index in [-0.39, 0.29) is 23.7 Å². The van der Waals surface area contributed by atoms with E-state index in [1.54, 1.807) is 42.6 Å². The Hall–Kier alpha value is -1.77. The largest absolute Gasteiger partial charge is 0.461 e. The smallest absolute Gasteiger partial charge is 0.357 e. The van der Waals surface area contributed by atoms with Crippen LogP contribution >= 0.6 is 11.3 Å². The maximum atomic E-state index is 12.8. The number of carbonyl (C=O) groups is 1. The number of hydrogen-bond donors (Lipinski definition) is 0. The standard InChI is InChI=1S/C16H20N2O4S2/c1-3-10-18(24(20,21)13-8-6-5-7-9-13)11-15-17-14(12-23-15)16(19)22-4-2/h5-9,12H,3-4,10-11H2,1-2H3. The van der Waals surface area contributed by atoms with Crippen molar-refractivity contribution in [2.24, 2.45) is 0 Å². The van der Waals surface area contributed by atoms with Gasteiger partial charge in [-0.05, 0) is 25.5 Å². The van der Waals surface area contributed by atoms with E-state index in [2.05, 4.69) is 4.98 Å². The zero-order chi connectivity index (χ0) is 17.6. The maximum absolute atomic E-state index is 12.8. The summed E-state index contributed by atoms with van der Waals surface area (Å²) in [5.41, 5.74) is 0.213. The first-order valence-corrected chi connectivity index (χ1v) is 9.97. The number of rotatable bonds is 8. The van der Waals surface area contributed by atoms with E-state index in [1.165, 1.54) is 15.6 Å². The van der Waals surface area contributed by atoms with Gasteiger partial charge in [0.1, 0.15) is 5.01 Å². The first-order valence-electron chi connectivity index (χ1n) is 7.65. The maximum Gasteiger partial charge on any atom is 0.357 e. The minimum absolute atomic E-state index is 0.134. The molecule has 6 nitrogen and oxygen atoms in total. The van der Waals surface area contributed by atoms with Crippen LogP contribution in [0.5, 0.6) is 0 Å². The van der Waals surface area contributed by atoms with Crippen LogP contribution < -0.4 is 0 Å². The second-order valence-electron chi connectivity index (χ2n) is 5.00. The zero-order valence-electron chi connectivity index (χ0n) is 13.6. The number of esters is 1. The molecule has 0 fully saturated rings. The Morgan fingerprint density at radius 1 is 1.25 bits per heavy atom. The SMILES string of the molecule is CCCN(Cc1nc(C(=O)OCC)cs1)S(=O)(=O)c1ccccc1. The molecule has 0 aliphatic heterocycles. The first kappa shape index (κ1) is 18.6. The van der Waals surface area contributed by atoms with Crippen LogP contribution in [0.1, 0.15) is 35.8 Å². The monoisotopic (exact) mass is 368 g/mol. The van der Waals surface area contributed by atoms with Crippen LogP contribution in [0.15, 0.2) is 40.6 Å². The summed E-state index contributed by atoms with van der Waals surface area (Å²) in [6, 6.07) is 8.31. The van der Waals surface area contributed by atoms with E-state index < -0.39 is 16.0 Å². The summed E-state index contributed by atoms with van der Waals surface area (Å²) in [6.45, 7) is 4.43. The summed E-state index contributed by atoms with van der Waals surface area (Å²) in [6.07, 6.45) is 0.683. The summed E-state index contributed by atoms with van der Waals surface area (Å²) in [4.78, 5) is 16.1. The van der Waals surface area contributed by atoms with Gasteiger partial charge in [0.05, 0.1) is 18.0 Å². The Morgan fingerprint density at radius 2 is 1.96 bits per heavy atom. The Bertz CT molecular complexity index is 772. The average molecular weight is 368 g/mol. The van der Waals surface area contributed by atoms with Crippen LogP contribution in [-0.4, -0.2) is 36.8 Å². The van der Waals surface area contributed by atoms with Crippen molar-refractivity contribution in [3.8, 4) is 0 Å². The van der Waals surface area contributed by atoms with Crippen molar-refractivity contribution >= 4 is 27.3 Å². The quantitative estimate of drug-likeness (QED) is 0.670. The summed E-state index contributed by atoms with van der Waals surface area (Å²) in [7, 11) is -3.60. The second-order valence-corrected chi connectivity index (χ2v) is 7.88. The van der Waals surface area contributed by atoms with Crippen LogP contribution in [-0.2, 0) is 21.3 Å². The molecule has 0 saturated heterocycles. The van der Waals surface area contributed by atoms with Gasteiger partial charge in [-0.15, -0.1) is 11.3 Å². The van der Waals surface area contributed by atoms with Gasteiger partial charge in [0.25, 0.3) is 0 Å². The van der Waals surface area contributed by atoms with Crippen molar-refractivity contribution in [2.75, 3.05) is 13.2 Å². The predicted octanol–water partition coefficient (Wildman–Crippen LogP) is 2.92. The topological polar surface area (TPSA) is 76.6 Å². The fraction of sp³-hybridized carbons (Fsp3) is 0.375. The van der Waals surface area contributed by atoms with Crippen molar-refractivity contribution in [1.82, 2.24) is 9.29 Å². The van der Waals surface area contributed by atoms with Gasteiger partial charge in [-0.2, -0.15) is 4.31 Å². The lowest BCUT2D eigenvalue weighted by Gasteiger charge is -2.20. The number of aromatic nitrogens is 1. The van der Waals surface area contributed by atoms with Crippen molar-refractivity contribution < 1.29 is 17.9 Å². The van der Waals surface area contributed by atoms with Crippen molar-refractivity contribution in [3.63, 3.8) is 0 Å². The molecule has 1 heterocycles. The Labute approximate surface area is 146 Å². The normalized spacial score (nSPS) is 11.6. The molecule has 0 N–H and O–H groups in total. The van der Waals surface area contributed by atoms with E-state index in [1.807, 2.05) is 6.92 Å². The Morgan fingerprint density at radius 3 is 2.58 bits per heavy atom. The minimum Gasteiger partial charge on any atom is -0.461 e. The lowest BCUT2D eigenvalue weighted by Crippen LogP contribution is -2.31. The summed E-state index contributed by atoms with van der Waals surface area (Å²) in [5, 5.41) is 2.15. The van der Waals surface area contributed by atoms with Crippen LogP contribution in [0.25, 0.3) is 0 Å². The summed E-state index contributed by atoms with van der Waals surface area (Å²) >= 11 is 1.25. The highest BCUT2D eigenvalue weighted by molar-refractivity contribution is 7.89.